The predicted molar refractivity (Wildman–Crippen MR) is 97.0 cm³/mol. The fraction of sp³-hybridized carbons (Fsp3) is 0.476. The zero-order valence-electron chi connectivity index (χ0n) is 14.6. The van der Waals surface area contributed by atoms with Crippen molar-refractivity contribution in [3.05, 3.63) is 66.0 Å². The number of aliphatic hydroxyl groups excluding tert-OH is 1. The summed E-state index contributed by atoms with van der Waals surface area (Å²) < 4.78 is 6.57. The summed E-state index contributed by atoms with van der Waals surface area (Å²) in [5.74, 6) is 0. The maximum Gasteiger partial charge on any atom is 0.0857 e. The van der Waals surface area contributed by atoms with Gasteiger partial charge in [0.1, 0.15) is 0 Å². The molecule has 1 aromatic carbocycles. The molecular formula is C21H26N2O2. The number of nitrogens with zero attached hydrogens (tertiary/aromatic N) is 2. The fourth-order valence-electron chi connectivity index (χ4n) is 4.22. The standard InChI is InChI=1S/C21H26N2O2/c24-19-14-20(18-4-2-1-3-5-18)25-21(15-19)8-12-23(13-9-21)16-17-6-10-22-11-7-17/h1-7,10-11,19-20,24H,8-9,12-16H2/t19-,20+/m0/s1. The van der Waals surface area contributed by atoms with E-state index in [0.717, 1.165) is 38.9 Å². The molecule has 0 unspecified atom stereocenters. The minimum Gasteiger partial charge on any atom is -0.393 e. The third kappa shape index (κ3) is 3.92. The van der Waals surface area contributed by atoms with Crippen LogP contribution in [0.1, 0.15) is 42.9 Å². The van der Waals surface area contributed by atoms with Gasteiger partial charge in [0.2, 0.25) is 0 Å². The molecule has 2 saturated heterocycles. The average molecular weight is 338 g/mol. The molecule has 0 aliphatic carbocycles. The Morgan fingerprint density at radius 3 is 2.52 bits per heavy atom. The highest BCUT2D eigenvalue weighted by Gasteiger charge is 2.43. The topological polar surface area (TPSA) is 45.6 Å². The summed E-state index contributed by atoms with van der Waals surface area (Å²) in [5.41, 5.74) is 2.31. The van der Waals surface area contributed by atoms with Crippen LogP contribution in [0, 0.1) is 0 Å². The van der Waals surface area contributed by atoms with Crippen LogP contribution in [0.3, 0.4) is 0 Å². The van der Waals surface area contributed by atoms with E-state index in [1.807, 2.05) is 30.6 Å². The zero-order chi connectivity index (χ0) is 17.1. The number of aliphatic hydroxyl groups is 1. The van der Waals surface area contributed by atoms with Crippen LogP contribution in [-0.4, -0.2) is 39.8 Å². The van der Waals surface area contributed by atoms with Crippen LogP contribution < -0.4 is 0 Å². The minimum absolute atomic E-state index is 0.0108. The molecule has 2 aliphatic rings. The second-order valence-electron chi connectivity index (χ2n) is 7.43. The number of rotatable bonds is 3. The molecule has 2 fully saturated rings. The van der Waals surface area contributed by atoms with Crippen molar-refractivity contribution in [2.75, 3.05) is 13.1 Å². The maximum atomic E-state index is 10.5. The number of ether oxygens (including phenoxy) is 1. The number of likely N-dealkylation sites (tertiary alicyclic amines) is 1. The number of hydrogen-bond acceptors (Lipinski definition) is 4. The highest BCUT2D eigenvalue weighted by Crippen LogP contribution is 2.43. The zero-order valence-corrected chi connectivity index (χ0v) is 14.6. The molecule has 1 spiro atoms. The van der Waals surface area contributed by atoms with Crippen molar-refractivity contribution in [1.29, 1.82) is 0 Å². The smallest absolute Gasteiger partial charge is 0.0857 e. The van der Waals surface area contributed by atoms with E-state index in [0.29, 0.717) is 6.42 Å². The molecule has 0 amide bonds. The fourth-order valence-corrected chi connectivity index (χ4v) is 4.22. The van der Waals surface area contributed by atoms with Gasteiger partial charge >= 0.3 is 0 Å². The van der Waals surface area contributed by atoms with Crippen molar-refractivity contribution in [2.45, 2.75) is 50.0 Å². The van der Waals surface area contributed by atoms with Crippen LogP contribution in [0.25, 0.3) is 0 Å². The first-order chi connectivity index (χ1) is 12.2. The van der Waals surface area contributed by atoms with E-state index in [9.17, 15) is 5.11 Å². The average Bonchev–Trinajstić information content (AvgIpc) is 2.65. The van der Waals surface area contributed by atoms with Crippen molar-refractivity contribution in [1.82, 2.24) is 9.88 Å². The van der Waals surface area contributed by atoms with Crippen LogP contribution in [0.4, 0.5) is 0 Å². The lowest BCUT2D eigenvalue weighted by Gasteiger charge is -2.48. The molecule has 2 atom stereocenters. The molecule has 0 bridgehead atoms. The molecular weight excluding hydrogens is 312 g/mol. The van der Waals surface area contributed by atoms with Gasteiger partial charge in [-0.25, -0.2) is 0 Å². The first-order valence-electron chi connectivity index (χ1n) is 9.25. The molecule has 3 heterocycles. The first-order valence-corrected chi connectivity index (χ1v) is 9.25. The van der Waals surface area contributed by atoms with Gasteiger partial charge in [-0.05, 0) is 36.1 Å². The molecule has 4 nitrogen and oxygen atoms in total. The second-order valence-corrected chi connectivity index (χ2v) is 7.43. The Morgan fingerprint density at radius 1 is 1.08 bits per heavy atom. The number of benzene rings is 1. The van der Waals surface area contributed by atoms with Crippen LogP contribution in [0.2, 0.25) is 0 Å². The minimum atomic E-state index is -0.272. The van der Waals surface area contributed by atoms with Crippen molar-refractivity contribution in [2.24, 2.45) is 0 Å². The van der Waals surface area contributed by atoms with E-state index >= 15 is 0 Å². The lowest BCUT2D eigenvalue weighted by atomic mass is 9.81. The van der Waals surface area contributed by atoms with Gasteiger partial charge in [-0.3, -0.25) is 9.88 Å². The molecule has 1 N–H and O–H groups in total. The summed E-state index contributed by atoms with van der Waals surface area (Å²) in [6, 6.07) is 14.5. The summed E-state index contributed by atoms with van der Waals surface area (Å²) in [4.78, 5) is 6.56. The van der Waals surface area contributed by atoms with Gasteiger partial charge in [0.25, 0.3) is 0 Å². The van der Waals surface area contributed by atoms with Gasteiger partial charge in [0.05, 0.1) is 17.8 Å². The number of aromatic nitrogens is 1. The number of pyridine rings is 1. The van der Waals surface area contributed by atoms with Crippen molar-refractivity contribution < 1.29 is 9.84 Å². The van der Waals surface area contributed by atoms with Crippen LogP contribution in [0.5, 0.6) is 0 Å². The van der Waals surface area contributed by atoms with E-state index in [1.54, 1.807) is 0 Å². The third-order valence-electron chi connectivity index (χ3n) is 5.58. The van der Waals surface area contributed by atoms with Gasteiger partial charge < -0.3 is 9.84 Å². The van der Waals surface area contributed by atoms with Crippen molar-refractivity contribution in [3.8, 4) is 0 Å². The van der Waals surface area contributed by atoms with Gasteiger partial charge in [0.15, 0.2) is 0 Å². The number of hydrogen-bond donors (Lipinski definition) is 1. The molecule has 2 aromatic rings. The summed E-state index contributed by atoms with van der Waals surface area (Å²) in [6.07, 6.45) is 6.88. The van der Waals surface area contributed by atoms with E-state index in [4.69, 9.17) is 4.74 Å². The highest BCUT2D eigenvalue weighted by atomic mass is 16.5. The van der Waals surface area contributed by atoms with Crippen LogP contribution in [0.15, 0.2) is 54.9 Å². The van der Waals surface area contributed by atoms with Crippen molar-refractivity contribution >= 4 is 0 Å². The van der Waals surface area contributed by atoms with Crippen LogP contribution >= 0.6 is 0 Å². The first kappa shape index (κ1) is 16.7. The third-order valence-corrected chi connectivity index (χ3v) is 5.58. The quantitative estimate of drug-likeness (QED) is 0.932. The monoisotopic (exact) mass is 338 g/mol. The molecule has 4 heteroatoms. The molecule has 1 aromatic heterocycles. The summed E-state index contributed by atoms with van der Waals surface area (Å²) in [5, 5.41) is 10.5. The van der Waals surface area contributed by atoms with Gasteiger partial charge in [0, 0.05) is 44.9 Å². The Bertz CT molecular complexity index is 669. The molecule has 0 saturated carbocycles. The Kier molecular flexibility index (Phi) is 4.84. The van der Waals surface area contributed by atoms with E-state index in [2.05, 4.69) is 34.1 Å². The Morgan fingerprint density at radius 2 is 1.80 bits per heavy atom. The molecule has 4 rings (SSSR count). The lowest BCUT2D eigenvalue weighted by molar-refractivity contribution is -0.184. The van der Waals surface area contributed by atoms with E-state index in [1.165, 1.54) is 11.1 Å². The summed E-state index contributed by atoms with van der Waals surface area (Å²) >= 11 is 0. The predicted octanol–water partition coefficient (Wildman–Crippen LogP) is 3.33. The second kappa shape index (κ2) is 7.24. The maximum absolute atomic E-state index is 10.5. The van der Waals surface area contributed by atoms with Crippen molar-refractivity contribution in [3.63, 3.8) is 0 Å². The highest BCUT2D eigenvalue weighted by molar-refractivity contribution is 5.19. The van der Waals surface area contributed by atoms with E-state index < -0.39 is 0 Å². The van der Waals surface area contributed by atoms with Gasteiger partial charge in [-0.2, -0.15) is 0 Å². The number of piperidine rings is 1. The summed E-state index contributed by atoms with van der Waals surface area (Å²) in [6.45, 7) is 2.98. The SMILES string of the molecule is O[C@H]1C[C@H](c2ccccc2)OC2(CCN(Cc3ccncc3)CC2)C1. The Labute approximate surface area is 149 Å². The lowest BCUT2D eigenvalue weighted by Crippen LogP contribution is -2.50. The van der Waals surface area contributed by atoms with Crippen LogP contribution in [-0.2, 0) is 11.3 Å². The molecule has 132 valence electrons. The normalized spacial score (nSPS) is 26.6. The van der Waals surface area contributed by atoms with Gasteiger partial charge in [-0.15, -0.1) is 0 Å². The molecule has 0 radical (unpaired) electrons. The largest absolute Gasteiger partial charge is 0.393 e. The Balaban J connectivity index is 1.41. The summed E-state index contributed by atoms with van der Waals surface area (Å²) in [7, 11) is 0. The van der Waals surface area contributed by atoms with E-state index in [-0.39, 0.29) is 17.8 Å². The molecule has 25 heavy (non-hydrogen) atoms. The Hall–Kier alpha value is -1.75. The van der Waals surface area contributed by atoms with Gasteiger partial charge in [-0.1, -0.05) is 30.3 Å². The molecule has 2 aliphatic heterocycles.